The number of hydrogen-bond acceptors (Lipinski definition) is 8. The summed E-state index contributed by atoms with van der Waals surface area (Å²) in [4.78, 5) is 38.9. The van der Waals surface area contributed by atoms with Gasteiger partial charge in [0.15, 0.2) is 11.6 Å². The minimum atomic E-state index is -1.46. The van der Waals surface area contributed by atoms with E-state index in [9.17, 15) is 14.7 Å². The maximum absolute atomic E-state index is 12.8. The van der Waals surface area contributed by atoms with E-state index in [2.05, 4.69) is 27.6 Å². The Bertz CT molecular complexity index is 1370. The molecule has 5 rings (SSSR count). The Morgan fingerprint density at radius 3 is 2.54 bits per heavy atom. The summed E-state index contributed by atoms with van der Waals surface area (Å²) in [5, 5.41) is 19.9. The zero-order valence-corrected chi connectivity index (χ0v) is 22.6. The average molecular weight is 535 g/mol. The standard InChI is InChI=1S/C27H34N8O4/c1-17-16-39-14-13-35(17)24-20-9-12-34(25(36)27(2,3)38)15-21(20)29-23(31-24)18-5-7-19(8-6-18)28-26(37)30-22-10-11-33(4)32-22/h5-8,10-11,17,38H,9,12-16H2,1-4H3,(H2,28,30,32,37)/t17-/m0/s1. The molecule has 3 N–H and O–H groups in total. The van der Waals surface area contributed by atoms with Crippen LogP contribution in [0.4, 0.5) is 22.1 Å². The van der Waals surface area contributed by atoms with E-state index in [1.165, 1.54) is 13.8 Å². The first-order valence-electron chi connectivity index (χ1n) is 13.0. The summed E-state index contributed by atoms with van der Waals surface area (Å²) in [6.45, 7) is 7.84. The fraction of sp³-hybridized carbons (Fsp3) is 0.444. The summed E-state index contributed by atoms with van der Waals surface area (Å²) in [5.41, 5.74) is 1.72. The molecule has 0 radical (unpaired) electrons. The zero-order chi connectivity index (χ0) is 27.7. The van der Waals surface area contributed by atoms with Crippen molar-refractivity contribution in [2.75, 3.05) is 41.8 Å². The van der Waals surface area contributed by atoms with Crippen LogP contribution in [0.5, 0.6) is 0 Å². The van der Waals surface area contributed by atoms with E-state index in [0.29, 0.717) is 56.6 Å². The average Bonchev–Trinajstić information content (AvgIpc) is 3.31. The summed E-state index contributed by atoms with van der Waals surface area (Å²) in [6, 6.07) is 8.74. The number of hydrogen-bond donors (Lipinski definition) is 3. The van der Waals surface area contributed by atoms with E-state index < -0.39 is 11.6 Å². The van der Waals surface area contributed by atoms with Gasteiger partial charge in [0.1, 0.15) is 11.4 Å². The number of urea groups is 1. The monoisotopic (exact) mass is 534 g/mol. The summed E-state index contributed by atoms with van der Waals surface area (Å²) in [6.07, 6.45) is 2.35. The minimum Gasteiger partial charge on any atom is -0.381 e. The van der Waals surface area contributed by atoms with Gasteiger partial charge in [0.2, 0.25) is 0 Å². The van der Waals surface area contributed by atoms with E-state index in [0.717, 1.165) is 22.6 Å². The van der Waals surface area contributed by atoms with Gasteiger partial charge in [0.25, 0.3) is 5.91 Å². The molecular formula is C27H34N8O4. The van der Waals surface area contributed by atoms with Crippen LogP contribution < -0.4 is 15.5 Å². The largest absolute Gasteiger partial charge is 0.381 e. The first-order valence-corrected chi connectivity index (χ1v) is 13.0. The lowest BCUT2D eigenvalue weighted by atomic mass is 10.0. The van der Waals surface area contributed by atoms with Gasteiger partial charge in [-0.25, -0.2) is 14.8 Å². The number of nitrogens with one attached hydrogen (secondary N) is 2. The highest BCUT2D eigenvalue weighted by molar-refractivity contribution is 5.99. The number of carbonyl (C=O) groups excluding carboxylic acids is 2. The van der Waals surface area contributed by atoms with Gasteiger partial charge in [-0.15, -0.1) is 0 Å². The van der Waals surface area contributed by atoms with Crippen LogP contribution in [0.15, 0.2) is 36.5 Å². The number of amides is 3. The van der Waals surface area contributed by atoms with Crippen molar-refractivity contribution in [2.24, 2.45) is 7.05 Å². The number of aliphatic hydroxyl groups is 1. The van der Waals surface area contributed by atoms with Crippen LogP contribution in [-0.4, -0.2) is 79.6 Å². The number of nitrogens with zero attached hydrogens (tertiary/aromatic N) is 6. The predicted octanol–water partition coefficient (Wildman–Crippen LogP) is 2.40. The minimum absolute atomic E-state index is 0.144. The fourth-order valence-electron chi connectivity index (χ4n) is 4.84. The first kappa shape index (κ1) is 26.6. The number of ether oxygens (including phenoxy) is 1. The molecule has 2 aromatic heterocycles. The van der Waals surface area contributed by atoms with Gasteiger partial charge in [-0.2, -0.15) is 5.10 Å². The van der Waals surface area contributed by atoms with E-state index in [-0.39, 0.29) is 11.9 Å². The lowest BCUT2D eigenvalue weighted by Gasteiger charge is -2.38. The van der Waals surface area contributed by atoms with Crippen molar-refractivity contribution >= 4 is 29.3 Å². The van der Waals surface area contributed by atoms with Gasteiger partial charge < -0.3 is 25.0 Å². The molecule has 3 aromatic rings. The second-order valence-corrected chi connectivity index (χ2v) is 10.5. The van der Waals surface area contributed by atoms with Crippen molar-refractivity contribution in [2.45, 2.75) is 45.4 Å². The Morgan fingerprint density at radius 2 is 1.87 bits per heavy atom. The first-order chi connectivity index (χ1) is 18.6. The summed E-state index contributed by atoms with van der Waals surface area (Å²) < 4.78 is 7.26. The molecule has 0 saturated carbocycles. The molecule has 2 aliphatic heterocycles. The molecule has 39 heavy (non-hydrogen) atoms. The number of benzene rings is 1. The number of rotatable bonds is 5. The topological polar surface area (TPSA) is 138 Å². The summed E-state index contributed by atoms with van der Waals surface area (Å²) in [7, 11) is 1.78. The van der Waals surface area contributed by atoms with Gasteiger partial charge in [0.05, 0.1) is 31.5 Å². The van der Waals surface area contributed by atoms with Crippen LogP contribution in [0.1, 0.15) is 32.0 Å². The van der Waals surface area contributed by atoms with E-state index in [1.807, 2.05) is 12.1 Å². The van der Waals surface area contributed by atoms with Crippen molar-refractivity contribution in [3.8, 4) is 11.4 Å². The highest BCUT2D eigenvalue weighted by atomic mass is 16.5. The molecular weight excluding hydrogens is 500 g/mol. The fourth-order valence-corrected chi connectivity index (χ4v) is 4.84. The lowest BCUT2D eigenvalue weighted by molar-refractivity contribution is -0.148. The van der Waals surface area contributed by atoms with Gasteiger partial charge in [-0.1, -0.05) is 0 Å². The molecule has 3 amide bonds. The van der Waals surface area contributed by atoms with Crippen molar-refractivity contribution in [3.63, 3.8) is 0 Å². The van der Waals surface area contributed by atoms with Crippen LogP contribution in [-0.2, 0) is 29.5 Å². The lowest BCUT2D eigenvalue weighted by Crippen LogP contribution is -2.48. The molecule has 0 spiro atoms. The number of fused-ring (bicyclic) bond motifs is 1. The van der Waals surface area contributed by atoms with E-state index >= 15 is 0 Å². The SMILES string of the molecule is C[C@H]1COCCN1c1nc(-c2ccc(NC(=O)Nc3ccn(C)n3)cc2)nc2c1CCN(C(=O)C(C)(C)O)C2. The van der Waals surface area contributed by atoms with Crippen LogP contribution in [0.3, 0.4) is 0 Å². The Hall–Kier alpha value is -4.03. The molecule has 12 nitrogen and oxygen atoms in total. The van der Waals surface area contributed by atoms with Crippen molar-refractivity contribution in [1.82, 2.24) is 24.6 Å². The number of anilines is 3. The number of morpholine rings is 1. The number of aromatic nitrogens is 4. The number of carbonyl (C=O) groups is 2. The highest BCUT2D eigenvalue weighted by Gasteiger charge is 2.34. The Kier molecular flexibility index (Phi) is 7.23. The second-order valence-electron chi connectivity index (χ2n) is 10.5. The van der Waals surface area contributed by atoms with Gasteiger partial charge in [0, 0.05) is 49.2 Å². The molecule has 1 aromatic carbocycles. The molecule has 1 fully saturated rings. The van der Waals surface area contributed by atoms with Crippen molar-refractivity contribution in [1.29, 1.82) is 0 Å². The van der Waals surface area contributed by atoms with Crippen LogP contribution in [0, 0.1) is 0 Å². The Balaban J connectivity index is 1.42. The third-order valence-corrected chi connectivity index (χ3v) is 6.85. The summed E-state index contributed by atoms with van der Waals surface area (Å²) in [5.74, 6) is 1.52. The normalized spacial score (nSPS) is 17.5. The van der Waals surface area contributed by atoms with Gasteiger partial charge in [-0.3, -0.25) is 14.8 Å². The van der Waals surface area contributed by atoms with Crippen LogP contribution in [0.25, 0.3) is 11.4 Å². The molecule has 12 heteroatoms. The molecule has 206 valence electrons. The van der Waals surface area contributed by atoms with Crippen molar-refractivity contribution in [3.05, 3.63) is 47.8 Å². The van der Waals surface area contributed by atoms with E-state index in [4.69, 9.17) is 14.7 Å². The molecule has 0 aliphatic carbocycles. The van der Waals surface area contributed by atoms with Crippen molar-refractivity contribution < 1.29 is 19.4 Å². The maximum Gasteiger partial charge on any atom is 0.324 e. The molecule has 0 bridgehead atoms. The smallest absolute Gasteiger partial charge is 0.324 e. The molecule has 0 unspecified atom stereocenters. The van der Waals surface area contributed by atoms with Crippen LogP contribution >= 0.6 is 0 Å². The molecule has 1 atom stereocenters. The van der Waals surface area contributed by atoms with E-state index in [1.54, 1.807) is 41.0 Å². The maximum atomic E-state index is 12.8. The predicted molar refractivity (Wildman–Crippen MR) is 146 cm³/mol. The van der Waals surface area contributed by atoms with Crippen LogP contribution in [0.2, 0.25) is 0 Å². The second kappa shape index (κ2) is 10.6. The number of aryl methyl sites for hydroxylation is 1. The molecule has 1 saturated heterocycles. The molecule has 2 aliphatic rings. The Morgan fingerprint density at radius 1 is 1.10 bits per heavy atom. The molecule has 4 heterocycles. The quantitative estimate of drug-likeness (QED) is 0.454. The van der Waals surface area contributed by atoms with Gasteiger partial charge in [-0.05, 0) is 51.5 Å². The summed E-state index contributed by atoms with van der Waals surface area (Å²) >= 11 is 0. The Labute approximate surface area is 227 Å². The zero-order valence-electron chi connectivity index (χ0n) is 22.6. The third-order valence-electron chi connectivity index (χ3n) is 6.85. The highest BCUT2D eigenvalue weighted by Crippen LogP contribution is 2.32. The third kappa shape index (κ3) is 5.86. The van der Waals surface area contributed by atoms with Gasteiger partial charge >= 0.3 is 6.03 Å².